The van der Waals surface area contributed by atoms with Gasteiger partial charge in [0, 0.05) is 25.5 Å². The first-order valence-electron chi connectivity index (χ1n) is 8.76. The van der Waals surface area contributed by atoms with Crippen LogP contribution in [0.3, 0.4) is 0 Å². The van der Waals surface area contributed by atoms with Crippen LogP contribution in [-0.2, 0) is 16.6 Å². The third-order valence-electron chi connectivity index (χ3n) is 4.27. The van der Waals surface area contributed by atoms with E-state index in [0.29, 0.717) is 37.4 Å². The molecule has 150 valence electrons. The van der Waals surface area contributed by atoms with Gasteiger partial charge in [-0.1, -0.05) is 20.3 Å². The molecule has 1 aliphatic rings. The van der Waals surface area contributed by atoms with Crippen molar-refractivity contribution in [1.29, 1.82) is 0 Å². The maximum Gasteiger partial charge on any atom is 0.213 e. The number of nitrogens with one attached hydrogen (secondary N) is 3. The Hall–Kier alpha value is -0.460. The number of rotatable bonds is 9. The number of thiazole rings is 1. The standard InChI is InChI=1S/C16H29N5O2S2.HI/c1-12(2)14-11-24-15(21-14)10-19-16(17-3)18-7-8-25(22,23)20-9-13-5-4-6-13;/h11-13,20H,4-10H2,1-3H3,(H2,17,18,19);1H. The van der Waals surface area contributed by atoms with Gasteiger partial charge in [0.2, 0.25) is 10.0 Å². The Kier molecular flexibility index (Phi) is 10.3. The second kappa shape index (κ2) is 11.4. The summed E-state index contributed by atoms with van der Waals surface area (Å²) in [6, 6.07) is 0. The molecule has 0 saturated heterocycles. The fourth-order valence-corrected chi connectivity index (χ4v) is 4.27. The van der Waals surface area contributed by atoms with Crippen molar-refractivity contribution >= 4 is 51.3 Å². The van der Waals surface area contributed by atoms with Gasteiger partial charge in [0.05, 0.1) is 18.0 Å². The third kappa shape index (κ3) is 8.05. The van der Waals surface area contributed by atoms with Crippen molar-refractivity contribution in [3.05, 3.63) is 16.1 Å². The maximum absolute atomic E-state index is 12.0. The quantitative estimate of drug-likeness (QED) is 0.267. The van der Waals surface area contributed by atoms with Crippen LogP contribution >= 0.6 is 35.3 Å². The number of aromatic nitrogens is 1. The van der Waals surface area contributed by atoms with Crippen molar-refractivity contribution in [2.24, 2.45) is 10.9 Å². The Labute approximate surface area is 177 Å². The summed E-state index contributed by atoms with van der Waals surface area (Å²) in [4.78, 5) is 8.67. The molecule has 2 rings (SSSR count). The first-order valence-corrected chi connectivity index (χ1v) is 11.3. The highest BCUT2D eigenvalue weighted by atomic mass is 127. The highest BCUT2D eigenvalue weighted by Gasteiger charge is 2.20. The molecule has 1 heterocycles. The lowest BCUT2D eigenvalue weighted by atomic mass is 9.86. The summed E-state index contributed by atoms with van der Waals surface area (Å²) in [5, 5.41) is 9.26. The molecule has 0 atom stereocenters. The van der Waals surface area contributed by atoms with Crippen LogP contribution in [0.15, 0.2) is 10.4 Å². The van der Waals surface area contributed by atoms with Gasteiger partial charge >= 0.3 is 0 Å². The van der Waals surface area contributed by atoms with E-state index in [1.807, 2.05) is 0 Å². The monoisotopic (exact) mass is 515 g/mol. The van der Waals surface area contributed by atoms with Gasteiger partial charge in [0.15, 0.2) is 5.96 Å². The summed E-state index contributed by atoms with van der Waals surface area (Å²) < 4.78 is 26.6. The minimum atomic E-state index is -3.24. The van der Waals surface area contributed by atoms with E-state index < -0.39 is 10.0 Å². The average molecular weight is 515 g/mol. The number of hydrogen-bond acceptors (Lipinski definition) is 5. The van der Waals surface area contributed by atoms with Crippen LogP contribution in [0.1, 0.15) is 49.7 Å². The van der Waals surface area contributed by atoms with Crippen molar-refractivity contribution < 1.29 is 8.42 Å². The fourth-order valence-electron chi connectivity index (χ4n) is 2.37. The minimum absolute atomic E-state index is 0. The molecule has 26 heavy (non-hydrogen) atoms. The van der Waals surface area contributed by atoms with Gasteiger partial charge in [-0.25, -0.2) is 18.1 Å². The Morgan fingerprint density at radius 3 is 2.65 bits per heavy atom. The molecule has 0 amide bonds. The zero-order valence-corrected chi connectivity index (χ0v) is 19.6. The molecular formula is C16H30IN5O2S2. The molecule has 0 aliphatic heterocycles. The third-order valence-corrected chi connectivity index (χ3v) is 6.49. The van der Waals surface area contributed by atoms with Crippen molar-refractivity contribution in [3.8, 4) is 0 Å². The summed E-state index contributed by atoms with van der Waals surface area (Å²) in [7, 11) is -1.57. The smallest absolute Gasteiger partial charge is 0.213 e. The van der Waals surface area contributed by atoms with E-state index in [0.717, 1.165) is 23.5 Å². The molecule has 1 fully saturated rings. The SMILES string of the molecule is CN=C(NCCS(=O)(=O)NCC1CCC1)NCc1nc(C(C)C)cs1.I. The fraction of sp³-hybridized carbons (Fsp3) is 0.750. The van der Waals surface area contributed by atoms with Crippen molar-refractivity contribution in [2.45, 2.75) is 45.6 Å². The topological polar surface area (TPSA) is 95.5 Å². The van der Waals surface area contributed by atoms with Crippen LogP contribution < -0.4 is 15.4 Å². The van der Waals surface area contributed by atoms with E-state index in [4.69, 9.17) is 0 Å². The van der Waals surface area contributed by atoms with Gasteiger partial charge in [-0.15, -0.1) is 35.3 Å². The van der Waals surface area contributed by atoms with E-state index in [1.54, 1.807) is 18.4 Å². The van der Waals surface area contributed by atoms with Gasteiger partial charge in [-0.2, -0.15) is 0 Å². The largest absolute Gasteiger partial charge is 0.355 e. The molecule has 1 aromatic heterocycles. The number of nitrogens with zero attached hydrogens (tertiary/aromatic N) is 2. The van der Waals surface area contributed by atoms with Crippen LogP contribution in [-0.4, -0.2) is 45.3 Å². The average Bonchev–Trinajstić information content (AvgIpc) is 2.98. The molecule has 0 unspecified atom stereocenters. The molecular weight excluding hydrogens is 485 g/mol. The Bertz CT molecular complexity index is 672. The Balaban J connectivity index is 0.00000338. The van der Waals surface area contributed by atoms with E-state index >= 15 is 0 Å². The molecule has 10 heteroatoms. The normalized spacial score (nSPS) is 15.5. The lowest BCUT2D eigenvalue weighted by Crippen LogP contribution is -2.41. The number of guanidine groups is 1. The number of halogens is 1. The maximum atomic E-state index is 12.0. The lowest BCUT2D eigenvalue weighted by molar-refractivity contribution is 0.316. The Morgan fingerprint density at radius 1 is 1.38 bits per heavy atom. The first-order chi connectivity index (χ1) is 11.9. The van der Waals surface area contributed by atoms with Crippen LogP contribution in [0.25, 0.3) is 0 Å². The van der Waals surface area contributed by atoms with Crippen LogP contribution in [0.5, 0.6) is 0 Å². The second-order valence-electron chi connectivity index (χ2n) is 6.64. The summed E-state index contributed by atoms with van der Waals surface area (Å²) in [6.07, 6.45) is 3.48. The molecule has 0 spiro atoms. The van der Waals surface area contributed by atoms with Crippen LogP contribution in [0.2, 0.25) is 0 Å². The first kappa shape index (κ1) is 23.6. The Morgan fingerprint density at radius 2 is 2.12 bits per heavy atom. The number of sulfonamides is 1. The van der Waals surface area contributed by atoms with Crippen molar-refractivity contribution in [2.75, 3.05) is 25.9 Å². The zero-order valence-electron chi connectivity index (χ0n) is 15.6. The molecule has 0 bridgehead atoms. The molecule has 7 nitrogen and oxygen atoms in total. The van der Waals surface area contributed by atoms with Crippen molar-refractivity contribution in [3.63, 3.8) is 0 Å². The highest BCUT2D eigenvalue weighted by molar-refractivity contribution is 14.0. The van der Waals surface area contributed by atoms with Crippen LogP contribution in [0, 0.1) is 5.92 Å². The lowest BCUT2D eigenvalue weighted by Gasteiger charge is -2.25. The summed E-state index contributed by atoms with van der Waals surface area (Å²) in [5.41, 5.74) is 1.09. The summed E-state index contributed by atoms with van der Waals surface area (Å²) >= 11 is 1.61. The van der Waals surface area contributed by atoms with Gasteiger partial charge in [-0.05, 0) is 24.7 Å². The van der Waals surface area contributed by atoms with Gasteiger partial charge in [0.1, 0.15) is 5.01 Å². The predicted molar refractivity (Wildman–Crippen MR) is 119 cm³/mol. The summed E-state index contributed by atoms with van der Waals surface area (Å²) in [5.74, 6) is 1.55. The minimum Gasteiger partial charge on any atom is -0.355 e. The molecule has 0 aromatic carbocycles. The molecule has 1 aromatic rings. The van der Waals surface area contributed by atoms with E-state index in [-0.39, 0.29) is 29.7 Å². The van der Waals surface area contributed by atoms with Gasteiger partial charge in [-0.3, -0.25) is 4.99 Å². The van der Waals surface area contributed by atoms with Gasteiger partial charge < -0.3 is 10.6 Å². The predicted octanol–water partition coefficient (Wildman–Crippen LogP) is 2.27. The van der Waals surface area contributed by atoms with Gasteiger partial charge in [0.25, 0.3) is 0 Å². The molecule has 1 aliphatic carbocycles. The van der Waals surface area contributed by atoms with E-state index in [1.165, 1.54) is 6.42 Å². The van der Waals surface area contributed by atoms with E-state index in [2.05, 4.69) is 44.6 Å². The number of aliphatic imine (C=N–C) groups is 1. The van der Waals surface area contributed by atoms with Crippen molar-refractivity contribution in [1.82, 2.24) is 20.3 Å². The zero-order chi connectivity index (χ0) is 18.3. The number of hydrogen-bond donors (Lipinski definition) is 3. The van der Waals surface area contributed by atoms with E-state index in [9.17, 15) is 8.42 Å². The molecule has 1 saturated carbocycles. The second-order valence-corrected chi connectivity index (χ2v) is 9.51. The molecule has 0 radical (unpaired) electrons. The summed E-state index contributed by atoms with van der Waals surface area (Å²) in [6.45, 7) is 5.69. The van der Waals surface area contributed by atoms with Crippen LogP contribution in [0.4, 0.5) is 0 Å². The molecule has 3 N–H and O–H groups in total. The highest BCUT2D eigenvalue weighted by Crippen LogP contribution is 2.25.